The van der Waals surface area contributed by atoms with Gasteiger partial charge in [-0.15, -0.1) is 0 Å². The van der Waals surface area contributed by atoms with Crippen molar-refractivity contribution in [3.63, 3.8) is 0 Å². The van der Waals surface area contributed by atoms with Gasteiger partial charge in [0.05, 0.1) is 12.8 Å². The minimum atomic E-state index is -1.38. The average Bonchev–Trinajstić information content (AvgIpc) is 3.36. The lowest BCUT2D eigenvalue weighted by Crippen LogP contribution is -2.53. The molecule has 1 atom stereocenters. The predicted octanol–water partition coefficient (Wildman–Crippen LogP) is 3.24. The molecule has 3 amide bonds. The fraction of sp³-hybridized carbons (Fsp3) is 0.355. The first kappa shape index (κ1) is 31.9. The highest BCUT2D eigenvalue weighted by Crippen LogP contribution is 2.31. The number of hydrogen-bond donors (Lipinski definition) is 3. The van der Waals surface area contributed by atoms with E-state index in [0.717, 1.165) is 11.1 Å². The molecule has 1 unspecified atom stereocenters. The zero-order chi connectivity index (χ0) is 31.9. The molecule has 2 heterocycles. The SMILES string of the molecule is COCC1(C(=O)NCc2ccc(/C(N)=N/C(=O)OC(C)(C)C)cc2)CCc2ncc(NC(=O)OCc3ccccc3)c(=O)n21. The number of fused-ring (bicyclic) bond motifs is 1. The number of rotatable bonds is 9. The van der Waals surface area contributed by atoms with E-state index < -0.39 is 34.8 Å². The molecule has 0 bridgehead atoms. The summed E-state index contributed by atoms with van der Waals surface area (Å²) in [6.07, 6.45) is 0.272. The standard InChI is InChI=1S/C31H36N6O7/c1-30(2,3)44-29(41)36-25(32)22-12-10-20(11-13-22)16-34-27(39)31(19-42-4)15-14-24-33-17-23(26(38)37(24)31)35-28(40)43-18-21-8-6-5-7-9-21/h5-13,17H,14-16,18-19H2,1-4H3,(H,34,39)(H,35,40)(H2,32,36,41). The minimum Gasteiger partial charge on any atom is -0.444 e. The molecule has 3 aromatic rings. The number of anilines is 1. The van der Waals surface area contributed by atoms with Crippen molar-refractivity contribution in [3.8, 4) is 0 Å². The van der Waals surface area contributed by atoms with E-state index in [1.54, 1.807) is 45.0 Å². The Hall–Kier alpha value is -5.04. The second kappa shape index (κ2) is 13.5. The van der Waals surface area contributed by atoms with E-state index in [1.165, 1.54) is 17.9 Å². The minimum absolute atomic E-state index is 0.00307. The number of nitrogens with zero attached hydrogens (tertiary/aromatic N) is 3. The molecule has 0 spiro atoms. The Labute approximate surface area is 254 Å². The molecule has 13 heteroatoms. The quantitative estimate of drug-likeness (QED) is 0.244. The van der Waals surface area contributed by atoms with Crippen LogP contribution in [0.4, 0.5) is 15.3 Å². The summed E-state index contributed by atoms with van der Waals surface area (Å²) < 4.78 is 17.1. The zero-order valence-corrected chi connectivity index (χ0v) is 25.1. The van der Waals surface area contributed by atoms with Crippen molar-refractivity contribution < 1.29 is 28.6 Å². The number of amidine groups is 1. The molecule has 2 aromatic carbocycles. The number of benzene rings is 2. The molecule has 1 aliphatic heterocycles. The number of carbonyl (C=O) groups is 3. The van der Waals surface area contributed by atoms with Crippen LogP contribution in [-0.4, -0.2) is 52.8 Å². The Bertz CT molecular complexity index is 1590. The number of ether oxygens (including phenoxy) is 3. The molecule has 0 saturated carbocycles. The van der Waals surface area contributed by atoms with E-state index >= 15 is 0 Å². The van der Waals surface area contributed by atoms with E-state index in [2.05, 4.69) is 20.6 Å². The van der Waals surface area contributed by atoms with Crippen LogP contribution in [-0.2, 0) is 44.1 Å². The van der Waals surface area contributed by atoms with E-state index in [9.17, 15) is 19.2 Å². The molecule has 1 aliphatic rings. The topological polar surface area (TPSA) is 176 Å². The Balaban J connectivity index is 1.45. The molecule has 4 rings (SSSR count). The van der Waals surface area contributed by atoms with Crippen LogP contribution < -0.4 is 21.9 Å². The molecule has 0 radical (unpaired) electrons. The second-order valence-electron chi connectivity index (χ2n) is 11.2. The first-order valence-electron chi connectivity index (χ1n) is 13.9. The van der Waals surface area contributed by atoms with Crippen molar-refractivity contribution >= 4 is 29.6 Å². The first-order chi connectivity index (χ1) is 20.9. The highest BCUT2D eigenvalue weighted by Gasteiger charge is 2.47. The lowest BCUT2D eigenvalue weighted by Gasteiger charge is -2.29. The van der Waals surface area contributed by atoms with Crippen molar-refractivity contribution in [2.45, 2.75) is 57.9 Å². The molecule has 1 aromatic heterocycles. The molecule has 0 aliphatic carbocycles. The number of methoxy groups -OCH3 is 1. The van der Waals surface area contributed by atoms with Gasteiger partial charge in [-0.3, -0.25) is 19.5 Å². The van der Waals surface area contributed by atoms with Crippen molar-refractivity contribution in [2.24, 2.45) is 10.7 Å². The predicted molar refractivity (Wildman–Crippen MR) is 162 cm³/mol. The molecule has 232 valence electrons. The molecular weight excluding hydrogens is 568 g/mol. The Morgan fingerprint density at radius 2 is 1.77 bits per heavy atom. The number of carbonyl (C=O) groups excluding carboxylic acids is 3. The highest BCUT2D eigenvalue weighted by atomic mass is 16.6. The van der Waals surface area contributed by atoms with Gasteiger partial charge in [0.25, 0.3) is 5.56 Å². The van der Waals surface area contributed by atoms with Crippen LogP contribution in [0.25, 0.3) is 0 Å². The number of aryl methyl sites for hydroxylation is 1. The number of nitrogens with two attached hydrogens (primary N) is 1. The molecule has 4 N–H and O–H groups in total. The molecule has 0 fully saturated rings. The van der Waals surface area contributed by atoms with Gasteiger partial charge in [-0.2, -0.15) is 4.99 Å². The summed E-state index contributed by atoms with van der Waals surface area (Å²) in [5.41, 5.74) is 5.19. The van der Waals surface area contributed by atoms with Crippen LogP contribution in [0.3, 0.4) is 0 Å². The third kappa shape index (κ3) is 7.67. The summed E-state index contributed by atoms with van der Waals surface area (Å²) in [6.45, 7) is 5.25. The fourth-order valence-electron chi connectivity index (χ4n) is 4.74. The number of aliphatic imine (C=N–C) groups is 1. The zero-order valence-electron chi connectivity index (χ0n) is 25.1. The monoisotopic (exact) mass is 604 g/mol. The molecule has 44 heavy (non-hydrogen) atoms. The smallest absolute Gasteiger partial charge is 0.436 e. The van der Waals surface area contributed by atoms with Gasteiger partial charge in [0.15, 0.2) is 5.54 Å². The van der Waals surface area contributed by atoms with Crippen LogP contribution in [0.2, 0.25) is 0 Å². The maximum Gasteiger partial charge on any atom is 0.436 e. The summed E-state index contributed by atoms with van der Waals surface area (Å²) in [5.74, 6) is -0.0490. The van der Waals surface area contributed by atoms with Crippen molar-refractivity contribution in [1.29, 1.82) is 0 Å². The van der Waals surface area contributed by atoms with E-state index in [-0.39, 0.29) is 37.7 Å². The van der Waals surface area contributed by atoms with Gasteiger partial charge in [-0.25, -0.2) is 14.6 Å². The Morgan fingerprint density at radius 3 is 2.43 bits per heavy atom. The van der Waals surface area contributed by atoms with E-state index in [4.69, 9.17) is 19.9 Å². The van der Waals surface area contributed by atoms with Crippen LogP contribution in [0, 0.1) is 0 Å². The van der Waals surface area contributed by atoms with Crippen molar-refractivity contribution in [2.75, 3.05) is 19.0 Å². The molecule has 13 nitrogen and oxygen atoms in total. The van der Waals surface area contributed by atoms with Gasteiger partial charge < -0.3 is 25.3 Å². The van der Waals surface area contributed by atoms with Gasteiger partial charge in [0.1, 0.15) is 29.6 Å². The summed E-state index contributed by atoms with van der Waals surface area (Å²) >= 11 is 0. The fourth-order valence-corrected chi connectivity index (χ4v) is 4.74. The van der Waals surface area contributed by atoms with Gasteiger partial charge in [-0.05, 0) is 38.3 Å². The average molecular weight is 605 g/mol. The Kier molecular flexibility index (Phi) is 9.79. The van der Waals surface area contributed by atoms with Gasteiger partial charge >= 0.3 is 12.2 Å². The summed E-state index contributed by atoms with van der Waals surface area (Å²) in [5, 5.41) is 5.33. The molecular formula is C31H36N6O7. The number of aromatic nitrogens is 2. The number of amides is 3. The van der Waals surface area contributed by atoms with Crippen LogP contribution >= 0.6 is 0 Å². The summed E-state index contributed by atoms with van der Waals surface area (Å²) in [7, 11) is 1.44. The van der Waals surface area contributed by atoms with Crippen molar-refractivity contribution in [1.82, 2.24) is 14.9 Å². The maximum atomic E-state index is 13.7. The van der Waals surface area contributed by atoms with Crippen LogP contribution in [0.15, 0.2) is 70.6 Å². The van der Waals surface area contributed by atoms with Crippen LogP contribution in [0.1, 0.15) is 49.7 Å². The normalized spacial score (nSPS) is 16.1. The second-order valence-corrected chi connectivity index (χ2v) is 11.2. The third-order valence-corrected chi connectivity index (χ3v) is 6.79. The van der Waals surface area contributed by atoms with Gasteiger partial charge in [0, 0.05) is 25.6 Å². The number of hydrogen-bond acceptors (Lipinski definition) is 8. The lowest BCUT2D eigenvalue weighted by atomic mass is 9.96. The van der Waals surface area contributed by atoms with E-state index in [0.29, 0.717) is 17.8 Å². The Morgan fingerprint density at radius 1 is 1.07 bits per heavy atom. The maximum absolute atomic E-state index is 13.7. The highest BCUT2D eigenvalue weighted by molar-refractivity contribution is 6.02. The van der Waals surface area contributed by atoms with Crippen molar-refractivity contribution in [3.05, 3.63) is 93.7 Å². The van der Waals surface area contributed by atoms with Crippen LogP contribution in [0.5, 0.6) is 0 Å². The third-order valence-electron chi connectivity index (χ3n) is 6.79. The van der Waals surface area contributed by atoms with E-state index in [1.807, 2.05) is 30.3 Å². The number of nitrogens with one attached hydrogen (secondary N) is 2. The molecule has 0 saturated heterocycles. The lowest BCUT2D eigenvalue weighted by molar-refractivity contribution is -0.132. The van der Waals surface area contributed by atoms with Gasteiger partial charge in [0.2, 0.25) is 5.91 Å². The van der Waals surface area contributed by atoms with Gasteiger partial charge in [-0.1, -0.05) is 54.6 Å². The first-order valence-corrected chi connectivity index (χ1v) is 13.9. The summed E-state index contributed by atoms with van der Waals surface area (Å²) in [4.78, 5) is 59.7. The largest absolute Gasteiger partial charge is 0.444 e. The summed E-state index contributed by atoms with van der Waals surface area (Å²) in [6, 6.07) is 15.9.